The lowest BCUT2D eigenvalue weighted by molar-refractivity contribution is 0.0767. The second-order valence-electron chi connectivity index (χ2n) is 3.27. The van der Waals surface area contributed by atoms with Crippen molar-refractivity contribution in [2.45, 2.75) is 32.4 Å². The van der Waals surface area contributed by atoms with Crippen LogP contribution in [0.15, 0.2) is 5.38 Å². The Hall–Kier alpha value is -0.190. The van der Waals surface area contributed by atoms with E-state index in [-0.39, 0.29) is 6.61 Å². The molecule has 0 aliphatic rings. The van der Waals surface area contributed by atoms with E-state index in [9.17, 15) is 4.39 Å². The fourth-order valence-electron chi connectivity index (χ4n) is 1.13. The molecule has 0 amide bonds. The van der Waals surface area contributed by atoms with E-state index in [1.165, 1.54) is 11.3 Å². The molecule has 2 nitrogen and oxygen atoms in total. The number of rotatable bonds is 7. The van der Waals surface area contributed by atoms with Crippen LogP contribution in [0.5, 0.6) is 0 Å². The first-order valence-corrected chi connectivity index (χ1v) is 6.32. The van der Waals surface area contributed by atoms with Gasteiger partial charge in [-0.3, -0.25) is 0 Å². The number of nitrogens with zero attached hydrogens (tertiary/aromatic N) is 1. The molecule has 0 N–H and O–H groups in total. The summed E-state index contributed by atoms with van der Waals surface area (Å²) in [4.78, 5) is 3.85. The summed E-state index contributed by atoms with van der Waals surface area (Å²) in [5, 5.41) is 1.63. The molecule has 0 bridgehead atoms. The first kappa shape index (κ1) is 12.9. The number of aromatic nitrogens is 1. The average molecular weight is 252 g/mol. The summed E-state index contributed by atoms with van der Waals surface area (Å²) >= 11 is 6.85. The lowest BCUT2D eigenvalue weighted by atomic mass is 10.3. The summed E-state index contributed by atoms with van der Waals surface area (Å²) in [5.74, 6) is 0. The van der Waals surface area contributed by atoms with Crippen LogP contribution in [0.1, 0.15) is 38.1 Å². The molecule has 1 heterocycles. The van der Waals surface area contributed by atoms with E-state index in [2.05, 4.69) is 11.9 Å². The molecule has 0 spiro atoms. The lowest BCUT2D eigenvalue weighted by Gasteiger charge is -2.06. The molecule has 0 aromatic carbocycles. The molecule has 15 heavy (non-hydrogen) atoms. The van der Waals surface area contributed by atoms with Crippen molar-refractivity contribution in [1.82, 2.24) is 4.98 Å². The van der Waals surface area contributed by atoms with Crippen LogP contribution in [-0.4, -0.2) is 18.2 Å². The monoisotopic (exact) mass is 251 g/mol. The molecule has 86 valence electrons. The van der Waals surface area contributed by atoms with Crippen LogP contribution >= 0.6 is 22.9 Å². The van der Waals surface area contributed by atoms with Gasteiger partial charge in [0.25, 0.3) is 0 Å². The molecule has 1 aromatic heterocycles. The van der Waals surface area contributed by atoms with E-state index in [4.69, 9.17) is 16.3 Å². The molecule has 1 aromatic rings. The molecule has 0 aliphatic heterocycles. The van der Waals surface area contributed by atoms with Crippen LogP contribution < -0.4 is 0 Å². The maximum absolute atomic E-state index is 13.4. The van der Waals surface area contributed by atoms with Gasteiger partial charge in [-0.2, -0.15) is 0 Å². The van der Waals surface area contributed by atoms with Crippen molar-refractivity contribution in [1.29, 1.82) is 0 Å². The first-order chi connectivity index (χ1) is 7.24. The fourth-order valence-corrected chi connectivity index (χ4v) is 1.94. The van der Waals surface area contributed by atoms with Gasteiger partial charge in [0.15, 0.2) is 10.6 Å². The number of alkyl halides is 1. The summed E-state index contributed by atoms with van der Waals surface area (Å²) in [5.41, 5.74) is 0.375. The smallest absolute Gasteiger partial charge is 0.183 e. The number of ether oxygens (including phenoxy) is 1. The Morgan fingerprint density at radius 3 is 3.00 bits per heavy atom. The highest BCUT2D eigenvalue weighted by atomic mass is 35.5. The highest BCUT2D eigenvalue weighted by Gasteiger charge is 2.13. The number of thiazole rings is 1. The third-order valence-electron chi connectivity index (χ3n) is 1.97. The van der Waals surface area contributed by atoms with Gasteiger partial charge in [0.2, 0.25) is 0 Å². The molecule has 0 aliphatic carbocycles. The van der Waals surface area contributed by atoms with Gasteiger partial charge in [0.1, 0.15) is 0 Å². The summed E-state index contributed by atoms with van der Waals surface area (Å²) in [6.45, 7) is 2.81. The fraction of sp³-hybridized carbons (Fsp3) is 0.700. The Morgan fingerprint density at radius 2 is 2.40 bits per heavy atom. The van der Waals surface area contributed by atoms with Crippen molar-refractivity contribution in [3.05, 3.63) is 15.5 Å². The zero-order valence-electron chi connectivity index (χ0n) is 8.71. The van der Waals surface area contributed by atoms with E-state index in [1.54, 1.807) is 5.38 Å². The predicted octanol–water partition coefficient (Wildman–Crippen LogP) is 4.01. The molecule has 5 heteroatoms. The standard InChI is InChI=1S/C10H15ClFNOS/c1-2-3-4-5-14-6-8(12)9-7-15-10(11)13-9/h7-8H,2-6H2,1H3. The van der Waals surface area contributed by atoms with Crippen LogP contribution in [-0.2, 0) is 4.74 Å². The Morgan fingerprint density at radius 1 is 1.60 bits per heavy atom. The topological polar surface area (TPSA) is 22.1 Å². The normalized spacial score (nSPS) is 13.0. The van der Waals surface area contributed by atoms with Crippen molar-refractivity contribution in [3.63, 3.8) is 0 Å². The number of hydrogen-bond donors (Lipinski definition) is 0. The Labute approximate surface area is 98.4 Å². The van der Waals surface area contributed by atoms with Gasteiger partial charge in [0, 0.05) is 12.0 Å². The Bertz CT molecular complexity index is 282. The number of unbranched alkanes of at least 4 members (excludes halogenated alkanes) is 2. The van der Waals surface area contributed by atoms with Crippen LogP contribution in [0.2, 0.25) is 4.47 Å². The maximum Gasteiger partial charge on any atom is 0.183 e. The first-order valence-electron chi connectivity index (χ1n) is 5.06. The lowest BCUT2D eigenvalue weighted by Crippen LogP contribution is -2.04. The minimum absolute atomic E-state index is 0.0732. The van der Waals surface area contributed by atoms with Gasteiger partial charge in [-0.1, -0.05) is 31.4 Å². The minimum atomic E-state index is -1.16. The molecule has 0 saturated heterocycles. The van der Waals surface area contributed by atoms with Gasteiger partial charge in [-0.25, -0.2) is 9.37 Å². The number of halogens is 2. The van der Waals surface area contributed by atoms with E-state index in [1.807, 2.05) is 0 Å². The van der Waals surface area contributed by atoms with Gasteiger partial charge in [-0.15, -0.1) is 11.3 Å². The highest BCUT2D eigenvalue weighted by Crippen LogP contribution is 2.23. The van der Waals surface area contributed by atoms with Crippen LogP contribution in [0.3, 0.4) is 0 Å². The summed E-state index contributed by atoms with van der Waals surface area (Å²) in [6.07, 6.45) is 2.10. The maximum atomic E-state index is 13.4. The van der Waals surface area contributed by atoms with Crippen molar-refractivity contribution >= 4 is 22.9 Å². The summed E-state index contributed by atoms with van der Waals surface area (Å²) < 4.78 is 19.0. The largest absolute Gasteiger partial charge is 0.378 e. The Kier molecular flexibility index (Phi) is 6.13. The number of hydrogen-bond acceptors (Lipinski definition) is 3. The minimum Gasteiger partial charge on any atom is -0.378 e. The molecule has 0 saturated carbocycles. The van der Waals surface area contributed by atoms with Crippen LogP contribution in [0, 0.1) is 0 Å². The van der Waals surface area contributed by atoms with Gasteiger partial charge in [0.05, 0.1) is 12.3 Å². The molecule has 0 radical (unpaired) electrons. The van der Waals surface area contributed by atoms with E-state index < -0.39 is 6.17 Å². The zero-order chi connectivity index (χ0) is 11.1. The van der Waals surface area contributed by atoms with E-state index in [0.717, 1.165) is 19.3 Å². The molecule has 1 unspecified atom stereocenters. The van der Waals surface area contributed by atoms with Crippen LogP contribution in [0.25, 0.3) is 0 Å². The summed E-state index contributed by atoms with van der Waals surface area (Å²) in [6, 6.07) is 0. The van der Waals surface area contributed by atoms with Crippen LogP contribution in [0.4, 0.5) is 4.39 Å². The average Bonchev–Trinajstić information content (AvgIpc) is 2.64. The van der Waals surface area contributed by atoms with E-state index >= 15 is 0 Å². The van der Waals surface area contributed by atoms with Crippen molar-refractivity contribution in [2.75, 3.05) is 13.2 Å². The third-order valence-corrected chi connectivity index (χ3v) is 2.97. The third kappa shape index (κ3) is 4.91. The molecular formula is C10H15ClFNOS. The molecule has 1 rings (SSSR count). The van der Waals surface area contributed by atoms with Gasteiger partial charge in [-0.05, 0) is 6.42 Å². The zero-order valence-corrected chi connectivity index (χ0v) is 10.3. The van der Waals surface area contributed by atoms with Gasteiger partial charge < -0.3 is 4.74 Å². The van der Waals surface area contributed by atoms with Gasteiger partial charge >= 0.3 is 0 Å². The predicted molar refractivity (Wildman–Crippen MR) is 61.3 cm³/mol. The molecular weight excluding hydrogens is 237 g/mol. The molecule has 1 atom stereocenters. The second kappa shape index (κ2) is 7.14. The van der Waals surface area contributed by atoms with Crippen molar-refractivity contribution in [3.8, 4) is 0 Å². The SMILES string of the molecule is CCCCCOCC(F)c1csc(Cl)n1. The Balaban J connectivity index is 2.16. The highest BCUT2D eigenvalue weighted by molar-refractivity contribution is 7.13. The van der Waals surface area contributed by atoms with E-state index in [0.29, 0.717) is 16.8 Å². The van der Waals surface area contributed by atoms with Crippen molar-refractivity contribution < 1.29 is 9.13 Å². The summed E-state index contributed by atoms with van der Waals surface area (Å²) in [7, 11) is 0. The van der Waals surface area contributed by atoms with Crippen molar-refractivity contribution in [2.24, 2.45) is 0 Å². The molecule has 0 fully saturated rings. The quantitative estimate of drug-likeness (QED) is 0.683. The second-order valence-corrected chi connectivity index (χ2v) is 4.72.